The molecule has 0 atom stereocenters. The molecule has 0 unspecified atom stereocenters. The van der Waals surface area contributed by atoms with Crippen LogP contribution in [0.4, 0.5) is 5.69 Å². The third kappa shape index (κ3) is 2.75. The van der Waals surface area contributed by atoms with E-state index in [4.69, 9.17) is 4.98 Å². The summed E-state index contributed by atoms with van der Waals surface area (Å²) < 4.78 is 1.76. The van der Waals surface area contributed by atoms with Gasteiger partial charge in [0.2, 0.25) is 0 Å². The van der Waals surface area contributed by atoms with E-state index in [1.165, 1.54) is 0 Å². The molecule has 1 N–H and O–H groups in total. The van der Waals surface area contributed by atoms with Gasteiger partial charge in [0.15, 0.2) is 5.65 Å². The Morgan fingerprint density at radius 2 is 1.85 bits per heavy atom. The number of fused-ring (bicyclic) bond motifs is 1. The highest BCUT2D eigenvalue weighted by Crippen LogP contribution is 2.40. The Kier molecular flexibility index (Phi) is 3.79. The summed E-state index contributed by atoms with van der Waals surface area (Å²) in [6.07, 6.45) is 2.27. The van der Waals surface area contributed by atoms with Crippen molar-refractivity contribution in [3.8, 4) is 0 Å². The van der Waals surface area contributed by atoms with Crippen molar-refractivity contribution < 1.29 is 4.79 Å². The summed E-state index contributed by atoms with van der Waals surface area (Å²) >= 11 is 0. The largest absolute Gasteiger partial charge is 0.320 e. The third-order valence-corrected chi connectivity index (χ3v) is 4.99. The van der Waals surface area contributed by atoms with Crippen LogP contribution in [0.5, 0.6) is 0 Å². The van der Waals surface area contributed by atoms with Crippen LogP contribution in [0.3, 0.4) is 0 Å². The molecule has 3 aromatic heterocycles. The van der Waals surface area contributed by atoms with Crippen molar-refractivity contribution in [2.24, 2.45) is 7.05 Å². The highest BCUT2D eigenvalue weighted by molar-refractivity contribution is 6.13. The Morgan fingerprint density at radius 3 is 2.50 bits per heavy atom. The molecule has 4 rings (SSSR count). The lowest BCUT2D eigenvalue weighted by atomic mass is 10.1. The Balaban J connectivity index is 1.82. The molecule has 0 bridgehead atoms. The Morgan fingerprint density at radius 1 is 1.12 bits per heavy atom. The summed E-state index contributed by atoms with van der Waals surface area (Å²) in [5.74, 6) is 0.331. The zero-order valence-electron chi connectivity index (χ0n) is 15.8. The summed E-state index contributed by atoms with van der Waals surface area (Å²) in [7, 11) is 1.87. The molecule has 0 spiro atoms. The predicted molar refractivity (Wildman–Crippen MR) is 102 cm³/mol. The standard InChI is InChI=1S/C20H23N5O/c1-10-8-11(2)21-13(4)18(10)23-20(26)15-9-16(14-6-7-14)22-19-17(15)12(3)24-25(19)5/h8-9,14H,6-7H2,1-5H3,(H,23,26). The van der Waals surface area contributed by atoms with Crippen LogP contribution in [-0.4, -0.2) is 25.7 Å². The summed E-state index contributed by atoms with van der Waals surface area (Å²) in [6.45, 7) is 7.79. The predicted octanol–water partition coefficient (Wildman–Crippen LogP) is 3.73. The molecular weight excluding hydrogens is 326 g/mol. The summed E-state index contributed by atoms with van der Waals surface area (Å²) in [5, 5.41) is 8.36. The zero-order chi connectivity index (χ0) is 18.6. The maximum Gasteiger partial charge on any atom is 0.256 e. The first-order valence-electron chi connectivity index (χ1n) is 8.95. The highest BCUT2D eigenvalue weighted by Gasteiger charge is 2.28. The van der Waals surface area contributed by atoms with Gasteiger partial charge in [0.1, 0.15) is 0 Å². The molecule has 26 heavy (non-hydrogen) atoms. The number of carbonyl (C=O) groups excluding carboxylic acids is 1. The van der Waals surface area contributed by atoms with Crippen LogP contribution in [0.2, 0.25) is 0 Å². The number of aromatic nitrogens is 4. The monoisotopic (exact) mass is 349 g/mol. The number of rotatable bonds is 3. The average Bonchev–Trinajstić information content (AvgIpc) is 3.37. The minimum Gasteiger partial charge on any atom is -0.320 e. The highest BCUT2D eigenvalue weighted by atomic mass is 16.1. The first-order valence-corrected chi connectivity index (χ1v) is 8.95. The van der Waals surface area contributed by atoms with E-state index in [1.54, 1.807) is 4.68 Å². The molecule has 6 heteroatoms. The maximum atomic E-state index is 13.2. The number of hydrogen-bond acceptors (Lipinski definition) is 4. The van der Waals surface area contributed by atoms with Gasteiger partial charge in [-0.2, -0.15) is 5.10 Å². The second-order valence-electron chi connectivity index (χ2n) is 7.27. The Bertz CT molecular complexity index is 1020. The topological polar surface area (TPSA) is 72.7 Å². The third-order valence-electron chi connectivity index (χ3n) is 4.99. The van der Waals surface area contributed by atoms with Crippen LogP contribution < -0.4 is 5.32 Å². The second-order valence-corrected chi connectivity index (χ2v) is 7.27. The van der Waals surface area contributed by atoms with E-state index in [2.05, 4.69) is 15.4 Å². The van der Waals surface area contributed by atoms with E-state index < -0.39 is 0 Å². The number of aryl methyl sites for hydroxylation is 5. The fourth-order valence-electron chi connectivity index (χ4n) is 3.62. The second kappa shape index (κ2) is 5.90. The van der Waals surface area contributed by atoms with Gasteiger partial charge in [0.25, 0.3) is 5.91 Å². The van der Waals surface area contributed by atoms with E-state index in [0.717, 1.165) is 57.9 Å². The molecule has 1 aliphatic carbocycles. The first-order chi connectivity index (χ1) is 12.3. The Labute approximate surface area is 152 Å². The van der Waals surface area contributed by atoms with Crippen LogP contribution in [0.1, 0.15) is 57.5 Å². The van der Waals surface area contributed by atoms with Gasteiger partial charge in [-0.25, -0.2) is 4.98 Å². The van der Waals surface area contributed by atoms with Gasteiger partial charge in [-0.15, -0.1) is 0 Å². The van der Waals surface area contributed by atoms with Crippen molar-refractivity contribution in [3.63, 3.8) is 0 Å². The van der Waals surface area contributed by atoms with E-state index in [9.17, 15) is 4.79 Å². The molecule has 134 valence electrons. The molecule has 0 saturated heterocycles. The van der Waals surface area contributed by atoms with Gasteiger partial charge < -0.3 is 5.32 Å². The van der Waals surface area contributed by atoms with E-state index in [1.807, 2.05) is 46.9 Å². The number of pyridine rings is 2. The van der Waals surface area contributed by atoms with Crippen molar-refractivity contribution in [2.75, 3.05) is 5.32 Å². The lowest BCUT2D eigenvalue weighted by Crippen LogP contribution is -2.16. The molecule has 0 aliphatic heterocycles. The molecule has 1 aliphatic rings. The molecule has 3 aromatic rings. The molecule has 3 heterocycles. The molecule has 0 aromatic carbocycles. The molecule has 1 saturated carbocycles. The Hall–Kier alpha value is -2.76. The smallest absolute Gasteiger partial charge is 0.256 e. The van der Waals surface area contributed by atoms with Gasteiger partial charge in [-0.3, -0.25) is 14.5 Å². The molecule has 0 radical (unpaired) electrons. The lowest BCUT2D eigenvalue weighted by Gasteiger charge is -2.13. The van der Waals surface area contributed by atoms with Crippen LogP contribution in [0, 0.1) is 27.7 Å². The van der Waals surface area contributed by atoms with Gasteiger partial charge in [0, 0.05) is 24.4 Å². The average molecular weight is 349 g/mol. The molecular formula is C20H23N5O. The van der Waals surface area contributed by atoms with Crippen LogP contribution in [0.25, 0.3) is 11.0 Å². The number of nitrogens with zero attached hydrogens (tertiary/aromatic N) is 4. The SMILES string of the molecule is Cc1cc(C)c(NC(=O)c2cc(C3CC3)nc3c2c(C)nn3C)c(C)n1. The summed E-state index contributed by atoms with van der Waals surface area (Å²) in [4.78, 5) is 22.4. The fourth-order valence-corrected chi connectivity index (χ4v) is 3.62. The van der Waals surface area contributed by atoms with Gasteiger partial charge >= 0.3 is 0 Å². The number of hydrogen-bond donors (Lipinski definition) is 1. The maximum absolute atomic E-state index is 13.2. The van der Waals surface area contributed by atoms with Crippen molar-refractivity contribution in [1.82, 2.24) is 19.7 Å². The first kappa shape index (κ1) is 16.7. The number of amides is 1. The zero-order valence-corrected chi connectivity index (χ0v) is 15.8. The molecule has 1 amide bonds. The van der Waals surface area contributed by atoms with Gasteiger partial charge in [0.05, 0.1) is 28.0 Å². The van der Waals surface area contributed by atoms with Crippen molar-refractivity contribution in [3.05, 3.63) is 46.0 Å². The van der Waals surface area contributed by atoms with Crippen LogP contribution in [0.15, 0.2) is 12.1 Å². The number of nitrogens with one attached hydrogen (secondary N) is 1. The van der Waals surface area contributed by atoms with Crippen LogP contribution in [-0.2, 0) is 7.05 Å². The van der Waals surface area contributed by atoms with E-state index in [-0.39, 0.29) is 5.91 Å². The minimum absolute atomic E-state index is 0.132. The van der Waals surface area contributed by atoms with E-state index >= 15 is 0 Å². The minimum atomic E-state index is -0.132. The van der Waals surface area contributed by atoms with Gasteiger partial charge in [-0.05, 0) is 58.2 Å². The number of anilines is 1. The van der Waals surface area contributed by atoms with Crippen molar-refractivity contribution >= 4 is 22.6 Å². The van der Waals surface area contributed by atoms with Crippen molar-refractivity contribution in [1.29, 1.82) is 0 Å². The van der Waals surface area contributed by atoms with E-state index in [0.29, 0.717) is 11.5 Å². The normalized spacial score (nSPS) is 14.0. The van der Waals surface area contributed by atoms with Gasteiger partial charge in [-0.1, -0.05) is 0 Å². The summed E-state index contributed by atoms with van der Waals surface area (Å²) in [5.41, 5.74) is 6.78. The fraction of sp³-hybridized carbons (Fsp3) is 0.400. The molecule has 1 fully saturated rings. The molecule has 6 nitrogen and oxygen atoms in total. The van der Waals surface area contributed by atoms with Crippen molar-refractivity contribution in [2.45, 2.75) is 46.5 Å². The van der Waals surface area contributed by atoms with Crippen LogP contribution >= 0.6 is 0 Å². The summed E-state index contributed by atoms with van der Waals surface area (Å²) in [6, 6.07) is 3.92. The number of carbonyl (C=O) groups is 1. The lowest BCUT2D eigenvalue weighted by molar-refractivity contribution is 0.102. The quantitative estimate of drug-likeness (QED) is 0.782.